The number of piperidine rings is 1. The maximum absolute atomic E-state index is 13.1. The molecule has 0 amide bonds. The van der Waals surface area contributed by atoms with E-state index in [2.05, 4.69) is 15.2 Å². The number of hydrogen-bond acceptors (Lipinski definition) is 4. The smallest absolute Gasteiger partial charge is 0.209 e. The molecule has 2 aromatic rings. The Morgan fingerprint density at radius 3 is 3.26 bits per heavy atom. The lowest BCUT2D eigenvalue weighted by molar-refractivity contribution is 0.174. The Balaban J connectivity index is 1.74. The third-order valence-corrected chi connectivity index (χ3v) is 3.67. The van der Waals surface area contributed by atoms with Gasteiger partial charge in [0.1, 0.15) is 11.3 Å². The fourth-order valence-corrected chi connectivity index (χ4v) is 2.64. The average molecular weight is 263 g/mol. The van der Waals surface area contributed by atoms with Crippen molar-refractivity contribution in [1.82, 2.24) is 15.2 Å². The van der Waals surface area contributed by atoms with Crippen LogP contribution in [-0.4, -0.2) is 36.1 Å². The van der Waals surface area contributed by atoms with Crippen molar-refractivity contribution in [2.24, 2.45) is 0 Å². The van der Waals surface area contributed by atoms with Crippen molar-refractivity contribution < 1.29 is 8.81 Å². The molecule has 1 aromatic heterocycles. The van der Waals surface area contributed by atoms with Gasteiger partial charge >= 0.3 is 0 Å². The van der Waals surface area contributed by atoms with Crippen molar-refractivity contribution in [3.8, 4) is 0 Å². The van der Waals surface area contributed by atoms with E-state index in [1.165, 1.54) is 25.0 Å². The molecule has 3 rings (SSSR count). The molecule has 5 heteroatoms. The minimum absolute atomic E-state index is 0.277. The number of hydrogen-bond donors (Lipinski definition) is 1. The van der Waals surface area contributed by atoms with Crippen LogP contribution in [0.5, 0.6) is 0 Å². The number of nitrogens with zero attached hydrogens (tertiary/aromatic N) is 2. The van der Waals surface area contributed by atoms with Crippen LogP contribution in [0.15, 0.2) is 22.6 Å². The first-order valence-corrected chi connectivity index (χ1v) is 6.69. The van der Waals surface area contributed by atoms with Crippen LogP contribution in [0.25, 0.3) is 11.1 Å². The van der Waals surface area contributed by atoms with Crippen molar-refractivity contribution in [3.05, 3.63) is 29.9 Å². The average Bonchev–Trinajstić information content (AvgIpc) is 2.80. The summed E-state index contributed by atoms with van der Waals surface area (Å²) < 4.78 is 18.8. The highest BCUT2D eigenvalue weighted by molar-refractivity contribution is 5.72. The van der Waals surface area contributed by atoms with Gasteiger partial charge in [-0.15, -0.1) is 0 Å². The Morgan fingerprint density at radius 2 is 2.42 bits per heavy atom. The van der Waals surface area contributed by atoms with Gasteiger partial charge in [0.2, 0.25) is 5.89 Å². The summed E-state index contributed by atoms with van der Waals surface area (Å²) in [4.78, 5) is 6.67. The molecule has 4 nitrogen and oxygen atoms in total. The first-order chi connectivity index (χ1) is 9.24. The van der Waals surface area contributed by atoms with Crippen molar-refractivity contribution in [2.45, 2.75) is 25.4 Å². The van der Waals surface area contributed by atoms with Crippen LogP contribution in [0.1, 0.15) is 18.7 Å². The van der Waals surface area contributed by atoms with E-state index in [1.54, 1.807) is 6.07 Å². The molecule has 1 aromatic carbocycles. The monoisotopic (exact) mass is 263 g/mol. The Hall–Kier alpha value is -1.46. The zero-order chi connectivity index (χ0) is 13.2. The first-order valence-electron chi connectivity index (χ1n) is 6.69. The molecule has 1 N–H and O–H groups in total. The van der Waals surface area contributed by atoms with Crippen LogP contribution in [-0.2, 0) is 6.54 Å². The highest BCUT2D eigenvalue weighted by atomic mass is 19.1. The Labute approximate surface area is 111 Å². The molecule has 2 heterocycles. The number of aromatic nitrogens is 1. The van der Waals surface area contributed by atoms with Crippen LogP contribution < -0.4 is 5.32 Å². The van der Waals surface area contributed by atoms with Gasteiger partial charge in [-0.05, 0) is 38.6 Å². The molecule has 1 unspecified atom stereocenters. The maximum atomic E-state index is 13.1. The second kappa shape index (κ2) is 5.27. The number of likely N-dealkylation sites (tertiary alicyclic amines) is 1. The number of likely N-dealkylation sites (N-methyl/N-ethyl adjacent to an activating group) is 1. The molecule has 0 aliphatic carbocycles. The molecule has 0 saturated carbocycles. The van der Waals surface area contributed by atoms with Gasteiger partial charge in [-0.3, -0.25) is 4.90 Å². The maximum Gasteiger partial charge on any atom is 0.209 e. The third kappa shape index (κ3) is 2.77. The second-order valence-electron chi connectivity index (χ2n) is 5.08. The number of halogens is 1. The Morgan fingerprint density at radius 1 is 1.53 bits per heavy atom. The van der Waals surface area contributed by atoms with E-state index < -0.39 is 0 Å². The van der Waals surface area contributed by atoms with E-state index >= 15 is 0 Å². The van der Waals surface area contributed by atoms with E-state index in [0.29, 0.717) is 29.6 Å². The van der Waals surface area contributed by atoms with Crippen LogP contribution in [0.3, 0.4) is 0 Å². The summed E-state index contributed by atoms with van der Waals surface area (Å²) in [6.07, 6.45) is 2.39. The number of oxazole rings is 1. The van der Waals surface area contributed by atoms with Crippen LogP contribution in [0, 0.1) is 5.82 Å². The van der Waals surface area contributed by atoms with Gasteiger partial charge in [0, 0.05) is 18.7 Å². The molecule has 1 atom stereocenters. The molecule has 1 fully saturated rings. The minimum atomic E-state index is -0.277. The molecule has 0 radical (unpaired) electrons. The first kappa shape index (κ1) is 12.6. The molecule has 1 aliphatic heterocycles. The Bertz CT molecular complexity index is 569. The summed E-state index contributed by atoms with van der Waals surface area (Å²) in [5.74, 6) is 0.387. The Kier molecular flexibility index (Phi) is 3.48. The minimum Gasteiger partial charge on any atom is -0.439 e. The molecule has 19 heavy (non-hydrogen) atoms. The molecule has 0 spiro atoms. The van der Waals surface area contributed by atoms with Gasteiger partial charge in [-0.1, -0.05) is 0 Å². The highest BCUT2D eigenvalue weighted by Gasteiger charge is 2.20. The van der Waals surface area contributed by atoms with Crippen LogP contribution >= 0.6 is 0 Å². The summed E-state index contributed by atoms with van der Waals surface area (Å²) >= 11 is 0. The molecule has 1 saturated heterocycles. The van der Waals surface area contributed by atoms with Crippen molar-refractivity contribution >= 4 is 11.1 Å². The zero-order valence-corrected chi connectivity index (χ0v) is 11.0. The summed E-state index contributed by atoms with van der Waals surface area (Å²) in [5, 5.41) is 3.31. The van der Waals surface area contributed by atoms with Gasteiger partial charge in [-0.25, -0.2) is 9.37 Å². The van der Waals surface area contributed by atoms with Crippen molar-refractivity contribution in [1.29, 1.82) is 0 Å². The van der Waals surface area contributed by atoms with Crippen molar-refractivity contribution in [2.75, 3.05) is 20.1 Å². The lowest BCUT2D eigenvalue weighted by Crippen LogP contribution is -2.43. The predicted molar refractivity (Wildman–Crippen MR) is 71.3 cm³/mol. The largest absolute Gasteiger partial charge is 0.439 e. The SMILES string of the molecule is CNC1CCCN(Cc2nc3cc(F)ccc3o2)C1. The zero-order valence-electron chi connectivity index (χ0n) is 11.0. The van der Waals surface area contributed by atoms with Gasteiger partial charge in [0.25, 0.3) is 0 Å². The lowest BCUT2D eigenvalue weighted by Gasteiger charge is -2.31. The standard InChI is InChI=1S/C14H18FN3O/c1-16-11-3-2-6-18(8-11)9-14-17-12-7-10(15)4-5-13(12)19-14/h4-5,7,11,16H,2-3,6,8-9H2,1H3. The molecule has 1 aliphatic rings. The number of nitrogens with one attached hydrogen (secondary N) is 1. The van der Waals surface area contributed by atoms with E-state index in [-0.39, 0.29) is 5.82 Å². The van der Waals surface area contributed by atoms with Crippen LogP contribution in [0.2, 0.25) is 0 Å². The van der Waals surface area contributed by atoms with Gasteiger partial charge in [0.05, 0.1) is 6.54 Å². The third-order valence-electron chi connectivity index (χ3n) is 3.67. The lowest BCUT2D eigenvalue weighted by atomic mass is 10.1. The molecule has 102 valence electrons. The summed E-state index contributed by atoms with van der Waals surface area (Å²) in [5.41, 5.74) is 1.25. The van der Waals surface area contributed by atoms with E-state index in [1.807, 2.05) is 7.05 Å². The number of benzene rings is 1. The van der Waals surface area contributed by atoms with Crippen LogP contribution in [0.4, 0.5) is 4.39 Å². The second-order valence-corrected chi connectivity index (χ2v) is 5.08. The van der Waals surface area contributed by atoms with E-state index in [9.17, 15) is 4.39 Å². The van der Waals surface area contributed by atoms with Gasteiger partial charge < -0.3 is 9.73 Å². The number of fused-ring (bicyclic) bond motifs is 1. The normalized spacial score (nSPS) is 21.1. The molecular formula is C14H18FN3O. The van der Waals surface area contributed by atoms with Gasteiger partial charge in [0.15, 0.2) is 5.58 Å². The molecular weight excluding hydrogens is 245 g/mol. The summed E-state index contributed by atoms with van der Waals surface area (Å²) in [6, 6.07) is 4.98. The van der Waals surface area contributed by atoms with Gasteiger partial charge in [-0.2, -0.15) is 0 Å². The summed E-state index contributed by atoms with van der Waals surface area (Å²) in [7, 11) is 2.00. The highest BCUT2D eigenvalue weighted by Crippen LogP contribution is 2.19. The fraction of sp³-hybridized carbons (Fsp3) is 0.500. The fourth-order valence-electron chi connectivity index (χ4n) is 2.64. The summed E-state index contributed by atoms with van der Waals surface area (Å²) in [6.45, 7) is 2.75. The molecule has 0 bridgehead atoms. The van der Waals surface area contributed by atoms with Crippen molar-refractivity contribution in [3.63, 3.8) is 0 Å². The quantitative estimate of drug-likeness (QED) is 0.921. The van der Waals surface area contributed by atoms with E-state index in [4.69, 9.17) is 4.42 Å². The number of rotatable bonds is 3. The topological polar surface area (TPSA) is 41.3 Å². The van der Waals surface area contributed by atoms with E-state index in [0.717, 1.165) is 13.1 Å². The predicted octanol–water partition coefficient (Wildman–Crippen LogP) is 2.15.